The molecule has 1 saturated heterocycles. The standard InChI is InChI=1S/C21H28BNO5S/c1-15(2)23-12-11-16(13-19(23)24)14-29(25,26)18-9-7-17(8-10-18)22-27-20(3,4)21(5,6)28-22/h7-13,15H,14H2,1-6H3. The second kappa shape index (κ2) is 7.41. The Morgan fingerprint density at radius 2 is 1.55 bits per heavy atom. The van der Waals surface area contributed by atoms with Crippen molar-refractivity contribution in [3.05, 3.63) is 58.5 Å². The number of nitrogens with zero attached hydrogens (tertiary/aromatic N) is 1. The van der Waals surface area contributed by atoms with E-state index in [1.54, 1.807) is 41.1 Å². The highest BCUT2D eigenvalue weighted by Crippen LogP contribution is 2.36. The summed E-state index contributed by atoms with van der Waals surface area (Å²) in [5.74, 6) is -0.225. The first kappa shape index (κ1) is 21.8. The molecule has 1 aliphatic rings. The van der Waals surface area contributed by atoms with Crippen LogP contribution < -0.4 is 11.0 Å². The highest BCUT2D eigenvalue weighted by Gasteiger charge is 2.51. The van der Waals surface area contributed by atoms with Crippen LogP contribution in [0, 0.1) is 0 Å². The molecule has 2 aromatic rings. The Balaban J connectivity index is 1.79. The highest BCUT2D eigenvalue weighted by atomic mass is 32.2. The van der Waals surface area contributed by atoms with E-state index in [2.05, 4.69) is 0 Å². The first-order chi connectivity index (χ1) is 13.3. The van der Waals surface area contributed by atoms with Crippen molar-refractivity contribution in [2.75, 3.05) is 0 Å². The van der Waals surface area contributed by atoms with Gasteiger partial charge in [0.1, 0.15) is 0 Å². The van der Waals surface area contributed by atoms with Crippen LogP contribution in [-0.4, -0.2) is 31.3 Å². The minimum Gasteiger partial charge on any atom is -0.399 e. The highest BCUT2D eigenvalue weighted by molar-refractivity contribution is 7.90. The van der Waals surface area contributed by atoms with Crippen LogP contribution in [0.2, 0.25) is 0 Å². The normalized spacial score (nSPS) is 18.4. The summed E-state index contributed by atoms with van der Waals surface area (Å²) in [6.07, 6.45) is 1.64. The second-order valence-electron chi connectivity index (χ2n) is 8.79. The van der Waals surface area contributed by atoms with Crippen molar-refractivity contribution in [3.8, 4) is 0 Å². The van der Waals surface area contributed by atoms with Crippen LogP contribution in [-0.2, 0) is 24.9 Å². The summed E-state index contributed by atoms with van der Waals surface area (Å²) in [6, 6.07) is 9.64. The van der Waals surface area contributed by atoms with Gasteiger partial charge >= 0.3 is 7.12 Å². The molecule has 1 aliphatic heterocycles. The summed E-state index contributed by atoms with van der Waals surface area (Å²) < 4.78 is 39.2. The van der Waals surface area contributed by atoms with Crippen LogP contribution in [0.1, 0.15) is 53.1 Å². The first-order valence-corrected chi connectivity index (χ1v) is 11.4. The van der Waals surface area contributed by atoms with E-state index in [0.717, 1.165) is 5.46 Å². The van der Waals surface area contributed by atoms with Gasteiger partial charge in [-0.15, -0.1) is 0 Å². The SMILES string of the molecule is CC(C)n1ccc(CS(=O)(=O)c2ccc(B3OC(C)(C)C(C)(C)O3)cc2)cc1=O. The monoisotopic (exact) mass is 417 g/mol. The molecule has 0 aliphatic carbocycles. The molecule has 29 heavy (non-hydrogen) atoms. The molecule has 0 N–H and O–H groups in total. The van der Waals surface area contributed by atoms with Gasteiger partial charge in [0.15, 0.2) is 9.84 Å². The predicted molar refractivity (Wildman–Crippen MR) is 114 cm³/mol. The van der Waals surface area contributed by atoms with Crippen molar-refractivity contribution < 1.29 is 17.7 Å². The van der Waals surface area contributed by atoms with E-state index < -0.39 is 28.2 Å². The van der Waals surface area contributed by atoms with Crippen molar-refractivity contribution in [1.29, 1.82) is 0 Å². The molecule has 0 unspecified atom stereocenters. The summed E-state index contributed by atoms with van der Waals surface area (Å²) in [7, 11) is -4.12. The van der Waals surface area contributed by atoms with E-state index in [1.165, 1.54) is 6.07 Å². The largest absolute Gasteiger partial charge is 0.494 e. The molecule has 2 heterocycles. The lowest BCUT2D eigenvalue weighted by atomic mass is 9.79. The smallest absolute Gasteiger partial charge is 0.399 e. The molecule has 1 aromatic carbocycles. The predicted octanol–water partition coefficient (Wildman–Crippen LogP) is 2.70. The molecule has 0 bridgehead atoms. The number of hydrogen-bond acceptors (Lipinski definition) is 5. The minimum absolute atomic E-state index is 0.0238. The molecule has 3 rings (SSSR count). The van der Waals surface area contributed by atoms with E-state index in [1.807, 2.05) is 41.5 Å². The van der Waals surface area contributed by atoms with E-state index in [9.17, 15) is 13.2 Å². The number of hydrogen-bond donors (Lipinski definition) is 0. The van der Waals surface area contributed by atoms with Crippen molar-refractivity contribution in [3.63, 3.8) is 0 Å². The van der Waals surface area contributed by atoms with E-state index in [-0.39, 0.29) is 22.2 Å². The fourth-order valence-corrected chi connectivity index (χ4v) is 4.50. The Kier molecular flexibility index (Phi) is 5.58. The van der Waals surface area contributed by atoms with Crippen molar-refractivity contribution in [2.24, 2.45) is 0 Å². The molecule has 0 saturated carbocycles. The third-order valence-electron chi connectivity index (χ3n) is 5.69. The van der Waals surface area contributed by atoms with Gasteiger partial charge in [0.25, 0.3) is 5.56 Å². The Bertz CT molecular complexity index is 1040. The lowest BCUT2D eigenvalue weighted by Crippen LogP contribution is -2.41. The third kappa shape index (κ3) is 4.34. The maximum Gasteiger partial charge on any atom is 0.494 e. The zero-order chi connectivity index (χ0) is 21.6. The third-order valence-corrected chi connectivity index (χ3v) is 7.39. The van der Waals surface area contributed by atoms with Gasteiger partial charge in [0.05, 0.1) is 21.9 Å². The van der Waals surface area contributed by atoms with Gasteiger partial charge in [-0.05, 0) is 70.8 Å². The van der Waals surface area contributed by atoms with Crippen molar-refractivity contribution in [2.45, 2.75) is 69.4 Å². The summed E-state index contributed by atoms with van der Waals surface area (Å²) >= 11 is 0. The molecule has 1 fully saturated rings. The van der Waals surface area contributed by atoms with Gasteiger partial charge in [0, 0.05) is 18.3 Å². The maximum absolute atomic E-state index is 12.8. The number of benzene rings is 1. The van der Waals surface area contributed by atoms with Crippen LogP contribution in [0.25, 0.3) is 0 Å². The fraction of sp³-hybridized carbons (Fsp3) is 0.476. The van der Waals surface area contributed by atoms with E-state index in [0.29, 0.717) is 5.56 Å². The molecular formula is C21H28BNO5S. The van der Waals surface area contributed by atoms with Crippen molar-refractivity contribution in [1.82, 2.24) is 4.57 Å². The number of rotatable bonds is 5. The summed E-state index contributed by atoms with van der Waals surface area (Å²) in [5.41, 5.74) is 0.116. The van der Waals surface area contributed by atoms with Crippen LogP contribution in [0.5, 0.6) is 0 Å². The van der Waals surface area contributed by atoms with Gasteiger partial charge in [0.2, 0.25) is 0 Å². The lowest BCUT2D eigenvalue weighted by Gasteiger charge is -2.32. The Morgan fingerprint density at radius 3 is 2.03 bits per heavy atom. The second-order valence-corrected chi connectivity index (χ2v) is 10.8. The van der Waals surface area contributed by atoms with E-state index >= 15 is 0 Å². The number of sulfone groups is 1. The lowest BCUT2D eigenvalue weighted by molar-refractivity contribution is 0.00578. The molecule has 0 radical (unpaired) electrons. The Labute approximate surface area is 172 Å². The molecule has 1 aromatic heterocycles. The van der Waals surface area contributed by atoms with Gasteiger partial charge in [-0.2, -0.15) is 0 Å². The van der Waals surface area contributed by atoms with Gasteiger partial charge in [-0.25, -0.2) is 8.42 Å². The summed E-state index contributed by atoms with van der Waals surface area (Å²) in [4.78, 5) is 12.3. The average Bonchev–Trinajstić information content (AvgIpc) is 2.82. The van der Waals surface area contributed by atoms with Crippen molar-refractivity contribution >= 4 is 22.4 Å². The number of pyridine rings is 1. The summed E-state index contributed by atoms with van der Waals surface area (Å²) in [6.45, 7) is 11.7. The molecule has 0 spiro atoms. The first-order valence-electron chi connectivity index (χ1n) is 9.72. The molecule has 0 atom stereocenters. The van der Waals surface area contributed by atoms with Crippen LogP contribution in [0.15, 0.2) is 52.3 Å². The minimum atomic E-state index is -3.58. The van der Waals surface area contributed by atoms with Gasteiger partial charge in [-0.3, -0.25) is 4.79 Å². The number of aromatic nitrogens is 1. The van der Waals surface area contributed by atoms with Gasteiger partial charge in [-0.1, -0.05) is 12.1 Å². The zero-order valence-corrected chi connectivity index (χ0v) is 18.6. The van der Waals surface area contributed by atoms with E-state index in [4.69, 9.17) is 9.31 Å². The molecule has 8 heteroatoms. The van der Waals surface area contributed by atoms with Crippen LogP contribution >= 0.6 is 0 Å². The van der Waals surface area contributed by atoms with Crippen LogP contribution in [0.4, 0.5) is 0 Å². The quantitative estimate of drug-likeness (QED) is 0.700. The molecular weight excluding hydrogens is 389 g/mol. The molecule has 6 nitrogen and oxygen atoms in total. The average molecular weight is 417 g/mol. The van der Waals surface area contributed by atoms with Crippen LogP contribution in [0.3, 0.4) is 0 Å². The Morgan fingerprint density at radius 1 is 1.00 bits per heavy atom. The summed E-state index contributed by atoms with van der Waals surface area (Å²) in [5, 5.41) is 0. The molecule has 156 valence electrons. The maximum atomic E-state index is 12.8. The zero-order valence-electron chi connectivity index (χ0n) is 17.8. The fourth-order valence-electron chi connectivity index (χ4n) is 3.16. The van der Waals surface area contributed by atoms with Gasteiger partial charge < -0.3 is 13.9 Å². The Hall–Kier alpha value is -1.90. The molecule has 0 amide bonds. The topological polar surface area (TPSA) is 74.6 Å².